The second kappa shape index (κ2) is 13.1. The second-order valence-corrected chi connectivity index (χ2v) is 12.0. The van der Waals surface area contributed by atoms with E-state index in [0.717, 1.165) is 11.4 Å². The lowest BCUT2D eigenvalue weighted by molar-refractivity contribution is 0.0509. The van der Waals surface area contributed by atoms with Crippen LogP contribution in [0.2, 0.25) is 5.02 Å². The molecule has 0 saturated heterocycles. The maximum absolute atomic E-state index is 12.7. The van der Waals surface area contributed by atoms with Gasteiger partial charge < -0.3 is 15.4 Å². The minimum atomic E-state index is -0.595. The van der Waals surface area contributed by atoms with Crippen LogP contribution >= 0.6 is 23.4 Å². The zero-order valence-electron chi connectivity index (χ0n) is 22.6. The molecule has 2 N–H and O–H groups in total. The van der Waals surface area contributed by atoms with Crippen molar-refractivity contribution in [1.82, 2.24) is 5.32 Å². The molecule has 0 unspecified atom stereocenters. The average molecular weight is 559 g/mol. The number of halogens is 1. The first kappa shape index (κ1) is 28.6. The smallest absolute Gasteiger partial charge is 0.409 e. The van der Waals surface area contributed by atoms with E-state index in [1.807, 2.05) is 75.0 Å². The highest BCUT2D eigenvalue weighted by atomic mass is 35.5. The first-order chi connectivity index (χ1) is 18.8. The number of carbonyl (C=O) groups excluding carboxylic acids is 1. The summed E-state index contributed by atoms with van der Waals surface area (Å²) in [6, 6.07) is 39.3. The molecular weight excluding hydrogens is 524 g/mol. The number of benzene rings is 4. The summed E-state index contributed by atoms with van der Waals surface area (Å²) >= 11 is 8.09. The number of ether oxygens (including phenoxy) is 1. The lowest BCUT2D eigenvalue weighted by Crippen LogP contribution is -2.43. The molecule has 0 bridgehead atoms. The van der Waals surface area contributed by atoms with Crippen LogP contribution in [0.5, 0.6) is 0 Å². The predicted molar refractivity (Wildman–Crippen MR) is 165 cm³/mol. The van der Waals surface area contributed by atoms with Gasteiger partial charge in [-0.1, -0.05) is 109 Å². The largest absolute Gasteiger partial charge is 0.444 e. The third-order valence-electron chi connectivity index (χ3n) is 6.12. The van der Waals surface area contributed by atoms with E-state index in [-0.39, 0.29) is 6.17 Å². The van der Waals surface area contributed by atoms with E-state index in [4.69, 9.17) is 16.3 Å². The van der Waals surface area contributed by atoms with Gasteiger partial charge in [0.1, 0.15) is 11.8 Å². The molecule has 1 atom stereocenters. The number of hydrogen-bond donors (Lipinski definition) is 2. The van der Waals surface area contributed by atoms with E-state index in [9.17, 15) is 4.79 Å². The molecule has 6 heteroatoms. The van der Waals surface area contributed by atoms with Crippen LogP contribution < -0.4 is 10.6 Å². The molecule has 0 aliphatic carbocycles. The molecule has 1 amide bonds. The summed E-state index contributed by atoms with van der Waals surface area (Å²) in [4.78, 5) is 12.7. The molecule has 0 aliphatic heterocycles. The van der Waals surface area contributed by atoms with E-state index >= 15 is 0 Å². The highest BCUT2D eigenvalue weighted by molar-refractivity contribution is 8.00. The normalized spacial score (nSPS) is 12.4. The number of nitrogens with one attached hydrogen (secondary N) is 2. The van der Waals surface area contributed by atoms with E-state index in [2.05, 4.69) is 83.4 Å². The Kier molecular flexibility index (Phi) is 9.60. The van der Waals surface area contributed by atoms with Crippen LogP contribution in [0, 0.1) is 0 Å². The Balaban J connectivity index is 1.64. The summed E-state index contributed by atoms with van der Waals surface area (Å²) < 4.78 is 5.13. The number of alkyl carbamates (subject to hydrolysis) is 1. The second-order valence-electron chi connectivity index (χ2n) is 10.3. The molecular formula is C33H35ClN2O2S. The maximum atomic E-state index is 12.7. The van der Waals surface area contributed by atoms with Crippen LogP contribution in [0.4, 0.5) is 10.5 Å². The summed E-state index contributed by atoms with van der Waals surface area (Å²) in [6.45, 7) is 5.57. The molecule has 202 valence electrons. The molecule has 0 aliphatic rings. The van der Waals surface area contributed by atoms with Crippen molar-refractivity contribution in [3.8, 4) is 0 Å². The Hall–Kier alpha value is -3.41. The van der Waals surface area contributed by atoms with E-state index in [1.165, 1.54) is 16.7 Å². The minimum absolute atomic E-state index is 0.370. The van der Waals surface area contributed by atoms with Gasteiger partial charge in [-0.2, -0.15) is 0 Å². The number of thioether (sulfide) groups is 1. The molecule has 0 aromatic heterocycles. The molecule has 0 spiro atoms. The lowest BCUT2D eigenvalue weighted by atomic mass is 9.84. The highest BCUT2D eigenvalue weighted by Crippen LogP contribution is 2.48. The topological polar surface area (TPSA) is 50.4 Å². The summed E-state index contributed by atoms with van der Waals surface area (Å²) in [5, 5.41) is 7.08. The van der Waals surface area contributed by atoms with Crippen molar-refractivity contribution in [3.05, 3.63) is 137 Å². The molecule has 4 aromatic rings. The number of amides is 1. The predicted octanol–water partition coefficient (Wildman–Crippen LogP) is 8.72. The van der Waals surface area contributed by atoms with Crippen LogP contribution in [-0.4, -0.2) is 23.6 Å². The fraction of sp³-hybridized carbons (Fsp3) is 0.242. The minimum Gasteiger partial charge on any atom is -0.444 e. The van der Waals surface area contributed by atoms with Gasteiger partial charge in [-0.3, -0.25) is 0 Å². The van der Waals surface area contributed by atoms with E-state index in [0.29, 0.717) is 11.4 Å². The van der Waals surface area contributed by atoms with Gasteiger partial charge in [0.15, 0.2) is 0 Å². The van der Waals surface area contributed by atoms with E-state index in [1.54, 1.807) is 0 Å². The quantitative estimate of drug-likeness (QED) is 0.151. The number of rotatable bonds is 10. The molecule has 4 rings (SSSR count). The molecule has 39 heavy (non-hydrogen) atoms. The number of anilines is 1. The van der Waals surface area contributed by atoms with Crippen LogP contribution in [0.15, 0.2) is 115 Å². The SMILES string of the molecule is CC(C)(C)OC(=O)N[C@H](CCSC(c1ccccc1)(c1ccccc1)c1ccccc1)Nc1cccc(Cl)c1. The Bertz CT molecular complexity index is 1230. The van der Waals surface area contributed by atoms with Gasteiger partial charge in [0, 0.05) is 10.7 Å². The summed E-state index contributed by atoms with van der Waals surface area (Å²) in [5.41, 5.74) is 3.84. The van der Waals surface area contributed by atoms with Gasteiger partial charge >= 0.3 is 6.09 Å². The monoisotopic (exact) mass is 558 g/mol. The fourth-order valence-electron chi connectivity index (χ4n) is 4.51. The molecule has 0 saturated carbocycles. The van der Waals surface area contributed by atoms with Crippen molar-refractivity contribution in [1.29, 1.82) is 0 Å². The van der Waals surface area contributed by atoms with Crippen LogP contribution in [0.1, 0.15) is 43.9 Å². The first-order valence-corrected chi connectivity index (χ1v) is 14.4. The summed E-state index contributed by atoms with van der Waals surface area (Å²) in [5.74, 6) is 0.743. The Morgan fingerprint density at radius 2 is 1.31 bits per heavy atom. The first-order valence-electron chi connectivity index (χ1n) is 13.1. The summed E-state index contributed by atoms with van der Waals surface area (Å²) in [6.07, 6.45) is -0.191. The zero-order valence-corrected chi connectivity index (χ0v) is 24.1. The number of carbonyl (C=O) groups is 1. The van der Waals surface area contributed by atoms with Crippen molar-refractivity contribution in [2.45, 2.75) is 43.7 Å². The van der Waals surface area contributed by atoms with Gasteiger partial charge in [-0.25, -0.2) is 4.79 Å². The van der Waals surface area contributed by atoms with Crippen molar-refractivity contribution in [3.63, 3.8) is 0 Å². The zero-order chi connectivity index (χ0) is 27.7. The number of hydrogen-bond acceptors (Lipinski definition) is 4. The van der Waals surface area contributed by atoms with E-state index < -0.39 is 16.4 Å². The van der Waals surface area contributed by atoms with Gasteiger partial charge in [0.2, 0.25) is 0 Å². The molecule has 4 nitrogen and oxygen atoms in total. The van der Waals surface area contributed by atoms with Gasteiger partial charge in [0.25, 0.3) is 0 Å². The van der Waals surface area contributed by atoms with Crippen molar-refractivity contribution in [2.24, 2.45) is 0 Å². The van der Waals surface area contributed by atoms with Crippen LogP contribution in [0.3, 0.4) is 0 Å². The fourth-order valence-corrected chi connectivity index (χ4v) is 6.27. The van der Waals surface area contributed by atoms with Gasteiger partial charge in [-0.05, 0) is 67.8 Å². The Morgan fingerprint density at radius 3 is 1.77 bits per heavy atom. The van der Waals surface area contributed by atoms with Crippen molar-refractivity contribution in [2.75, 3.05) is 11.1 Å². The van der Waals surface area contributed by atoms with Crippen LogP contribution in [-0.2, 0) is 9.48 Å². The molecule has 0 fully saturated rings. The molecule has 4 aromatic carbocycles. The van der Waals surface area contributed by atoms with Gasteiger partial charge in [0.05, 0.1) is 4.75 Å². The standard InChI is InChI=1S/C33H35ClN2O2S/c1-32(2,3)38-31(37)36-30(35-29-21-13-20-28(34)24-29)22-23-39-33(25-14-7-4-8-15-25,26-16-9-5-10-17-26)27-18-11-6-12-19-27/h4-21,24,30,35H,22-23H2,1-3H3,(H,36,37)/t30-/m1/s1. The molecule has 0 heterocycles. The lowest BCUT2D eigenvalue weighted by Gasteiger charge is -2.36. The Morgan fingerprint density at radius 1 is 0.795 bits per heavy atom. The summed E-state index contributed by atoms with van der Waals surface area (Å²) in [7, 11) is 0. The third kappa shape index (κ3) is 7.81. The maximum Gasteiger partial charge on any atom is 0.409 e. The van der Waals surface area contributed by atoms with Gasteiger partial charge in [-0.15, -0.1) is 11.8 Å². The highest BCUT2D eigenvalue weighted by Gasteiger charge is 2.37. The average Bonchev–Trinajstić information content (AvgIpc) is 2.91. The Labute approximate surface area is 241 Å². The molecule has 0 radical (unpaired) electrons. The van der Waals surface area contributed by atoms with Crippen LogP contribution in [0.25, 0.3) is 0 Å². The van der Waals surface area contributed by atoms with Crippen molar-refractivity contribution >= 4 is 35.1 Å². The van der Waals surface area contributed by atoms with Crippen molar-refractivity contribution < 1.29 is 9.53 Å². The third-order valence-corrected chi connectivity index (χ3v) is 7.94.